The molecule has 0 N–H and O–H groups in total. The van der Waals surface area contributed by atoms with Gasteiger partial charge in [-0.1, -0.05) is 19.9 Å². The Hall–Kier alpha value is -0.590. The maximum atomic E-state index is 9.62. The molecule has 0 rings (SSSR count). The summed E-state index contributed by atoms with van der Waals surface area (Å²) in [5.41, 5.74) is 0. The van der Waals surface area contributed by atoms with Crippen LogP contribution in [0.25, 0.3) is 0 Å². The van der Waals surface area contributed by atoms with Gasteiger partial charge in [0.25, 0.3) is 0 Å². The van der Waals surface area contributed by atoms with E-state index >= 15 is 0 Å². The predicted molar refractivity (Wildman–Crippen MR) is 41.4 cm³/mol. The van der Waals surface area contributed by atoms with Gasteiger partial charge in [-0.25, -0.2) is 0 Å². The average molecular weight is 128 g/mol. The van der Waals surface area contributed by atoms with Crippen molar-refractivity contribution in [1.82, 2.24) is 0 Å². The lowest BCUT2D eigenvalue weighted by Crippen LogP contribution is -1.84. The number of aldehydes is 1. The normalized spacial score (nSPS) is 7.56. The average Bonchev–Trinajstić information content (AvgIpc) is 1.67. The van der Waals surface area contributed by atoms with Crippen LogP contribution < -0.4 is 0 Å². The molecule has 0 aliphatic carbocycles. The zero-order valence-corrected chi connectivity index (χ0v) is 6.55. The van der Waals surface area contributed by atoms with Crippen LogP contribution in [0.5, 0.6) is 0 Å². The number of hydrogen-bond acceptors (Lipinski definition) is 1. The Balaban J connectivity index is 0. The Morgan fingerprint density at radius 2 is 1.89 bits per heavy atom. The molecular formula is C8H16O. The van der Waals surface area contributed by atoms with Gasteiger partial charge >= 0.3 is 0 Å². The zero-order chi connectivity index (χ0) is 7.70. The first kappa shape index (κ1) is 11.2. The molecule has 9 heavy (non-hydrogen) atoms. The fraction of sp³-hybridized carbons (Fsp3) is 0.625. The highest BCUT2D eigenvalue weighted by atomic mass is 16.1. The van der Waals surface area contributed by atoms with E-state index < -0.39 is 0 Å². The van der Waals surface area contributed by atoms with E-state index in [1.54, 1.807) is 6.08 Å². The molecule has 0 aliphatic heterocycles. The maximum absolute atomic E-state index is 9.62. The summed E-state index contributed by atoms with van der Waals surface area (Å²) in [6.45, 7) is 9.29. The minimum Gasteiger partial charge on any atom is -0.303 e. The van der Waals surface area contributed by atoms with Crippen molar-refractivity contribution < 1.29 is 4.79 Å². The molecule has 0 aliphatic rings. The summed E-state index contributed by atoms with van der Waals surface area (Å²) in [7, 11) is 0. The van der Waals surface area contributed by atoms with E-state index in [4.69, 9.17) is 0 Å². The van der Waals surface area contributed by atoms with Crippen LogP contribution in [0, 0.1) is 5.92 Å². The van der Waals surface area contributed by atoms with E-state index in [0.717, 1.165) is 6.29 Å². The van der Waals surface area contributed by atoms with Gasteiger partial charge in [0, 0.05) is 6.42 Å². The number of carbonyl (C=O) groups is 1. The molecule has 1 heteroatoms. The van der Waals surface area contributed by atoms with E-state index in [1.807, 2.05) is 20.8 Å². The van der Waals surface area contributed by atoms with Crippen LogP contribution >= 0.6 is 0 Å². The Kier molecular flexibility index (Phi) is 13.0. The summed E-state index contributed by atoms with van der Waals surface area (Å²) in [4.78, 5) is 9.62. The Bertz CT molecular complexity index is 65.0. The molecule has 0 heterocycles. The van der Waals surface area contributed by atoms with Crippen LogP contribution in [0.2, 0.25) is 0 Å². The van der Waals surface area contributed by atoms with Gasteiger partial charge in [0.15, 0.2) is 0 Å². The third kappa shape index (κ3) is 37.3. The Morgan fingerprint density at radius 3 is 1.89 bits per heavy atom. The van der Waals surface area contributed by atoms with Gasteiger partial charge in [-0.3, -0.25) is 0 Å². The number of allylic oxidation sites excluding steroid dienone is 1. The summed E-state index contributed by atoms with van der Waals surface area (Å²) >= 11 is 0. The van der Waals surface area contributed by atoms with Gasteiger partial charge in [-0.05, 0) is 12.8 Å². The van der Waals surface area contributed by atoms with E-state index in [1.165, 1.54) is 0 Å². The first-order valence-corrected chi connectivity index (χ1v) is 3.19. The third-order valence-corrected chi connectivity index (χ3v) is 0.568. The van der Waals surface area contributed by atoms with E-state index in [0.29, 0.717) is 12.3 Å². The topological polar surface area (TPSA) is 17.1 Å². The summed E-state index contributed by atoms with van der Waals surface area (Å²) in [6.07, 6.45) is 3.39. The second kappa shape index (κ2) is 10.4. The van der Waals surface area contributed by atoms with E-state index in [9.17, 15) is 4.79 Å². The van der Waals surface area contributed by atoms with Crippen molar-refractivity contribution in [2.24, 2.45) is 5.92 Å². The van der Waals surface area contributed by atoms with Crippen LogP contribution in [0.3, 0.4) is 0 Å². The third-order valence-electron chi connectivity index (χ3n) is 0.568. The highest BCUT2D eigenvalue weighted by molar-refractivity contribution is 5.49. The van der Waals surface area contributed by atoms with Crippen LogP contribution in [0.1, 0.15) is 27.2 Å². The molecule has 0 bridgehead atoms. The van der Waals surface area contributed by atoms with Crippen molar-refractivity contribution in [1.29, 1.82) is 0 Å². The van der Waals surface area contributed by atoms with Gasteiger partial charge in [0.05, 0.1) is 0 Å². The second-order valence-electron chi connectivity index (χ2n) is 2.20. The smallest absolute Gasteiger partial charge is 0.120 e. The molecule has 0 aromatic rings. The molecule has 0 saturated heterocycles. The monoisotopic (exact) mass is 128 g/mol. The summed E-state index contributed by atoms with van der Waals surface area (Å²) in [5, 5.41) is 0. The first-order valence-electron chi connectivity index (χ1n) is 3.19. The lowest BCUT2D eigenvalue weighted by atomic mass is 10.2. The van der Waals surface area contributed by atoms with Crippen LogP contribution in [0.15, 0.2) is 12.7 Å². The zero-order valence-electron chi connectivity index (χ0n) is 6.55. The number of rotatable bonds is 2. The standard InChI is InChI=1S/C5H10O.C3H6/c1-5(2)3-4-6;1-3-2/h4-5H,3H2,1-2H3;3H,1H2,2H3. The minimum atomic E-state index is 0.530. The molecule has 0 amide bonds. The molecular weight excluding hydrogens is 112 g/mol. The Labute approximate surface area is 57.8 Å². The van der Waals surface area contributed by atoms with Gasteiger partial charge in [-0.2, -0.15) is 0 Å². The molecule has 0 aromatic heterocycles. The second-order valence-corrected chi connectivity index (χ2v) is 2.20. The molecule has 0 saturated carbocycles. The molecule has 0 atom stereocenters. The summed E-state index contributed by atoms with van der Waals surface area (Å²) in [6, 6.07) is 0. The molecule has 0 fully saturated rings. The number of hydrogen-bond donors (Lipinski definition) is 0. The van der Waals surface area contributed by atoms with Crippen LogP contribution in [0.4, 0.5) is 0 Å². The van der Waals surface area contributed by atoms with Crippen molar-refractivity contribution in [3.63, 3.8) is 0 Å². The fourth-order valence-electron chi connectivity index (χ4n) is 0.192. The largest absolute Gasteiger partial charge is 0.303 e. The highest BCUT2D eigenvalue weighted by Crippen LogP contribution is 1.92. The van der Waals surface area contributed by atoms with E-state index in [-0.39, 0.29) is 0 Å². The van der Waals surface area contributed by atoms with Crippen molar-refractivity contribution in [2.45, 2.75) is 27.2 Å². The first-order chi connectivity index (χ1) is 4.18. The minimum absolute atomic E-state index is 0.530. The lowest BCUT2D eigenvalue weighted by Gasteiger charge is -1.89. The number of carbonyl (C=O) groups excluding carboxylic acids is 1. The van der Waals surface area contributed by atoms with Crippen LogP contribution in [-0.2, 0) is 4.79 Å². The molecule has 1 nitrogen and oxygen atoms in total. The molecule has 0 aromatic carbocycles. The molecule has 0 unspecified atom stereocenters. The predicted octanol–water partition coefficient (Wildman–Crippen LogP) is 2.42. The van der Waals surface area contributed by atoms with Crippen molar-refractivity contribution in [2.75, 3.05) is 0 Å². The molecule has 0 spiro atoms. The van der Waals surface area contributed by atoms with Crippen molar-refractivity contribution in [3.8, 4) is 0 Å². The SMILES string of the molecule is C=CC.CC(C)CC=O. The summed E-state index contributed by atoms with van der Waals surface area (Å²) < 4.78 is 0. The quantitative estimate of drug-likeness (QED) is 0.412. The highest BCUT2D eigenvalue weighted by Gasteiger charge is 1.85. The van der Waals surface area contributed by atoms with Gasteiger partial charge in [0.1, 0.15) is 6.29 Å². The molecule has 0 radical (unpaired) electrons. The van der Waals surface area contributed by atoms with Gasteiger partial charge < -0.3 is 4.79 Å². The van der Waals surface area contributed by atoms with Crippen molar-refractivity contribution in [3.05, 3.63) is 12.7 Å². The summed E-state index contributed by atoms with van der Waals surface area (Å²) in [5.74, 6) is 0.530. The maximum Gasteiger partial charge on any atom is 0.120 e. The fourth-order valence-corrected chi connectivity index (χ4v) is 0.192. The van der Waals surface area contributed by atoms with E-state index in [2.05, 4.69) is 6.58 Å². The molecule has 54 valence electrons. The van der Waals surface area contributed by atoms with Gasteiger partial charge in [0.2, 0.25) is 0 Å². The lowest BCUT2D eigenvalue weighted by molar-refractivity contribution is -0.108. The Morgan fingerprint density at radius 1 is 1.56 bits per heavy atom. The van der Waals surface area contributed by atoms with Gasteiger partial charge in [-0.15, -0.1) is 6.58 Å². The van der Waals surface area contributed by atoms with Crippen LogP contribution in [-0.4, -0.2) is 6.29 Å². The van der Waals surface area contributed by atoms with Crippen molar-refractivity contribution >= 4 is 6.29 Å².